The molecule has 9 heteroatoms. The molecular formula is C19H18F2N2O5. The van der Waals surface area contributed by atoms with Crippen LogP contribution in [0.3, 0.4) is 0 Å². The van der Waals surface area contributed by atoms with Crippen LogP contribution in [0, 0.1) is 18.6 Å². The normalized spacial score (nSPS) is 10.1. The average Bonchev–Trinajstić information content (AvgIpc) is 2.64. The summed E-state index contributed by atoms with van der Waals surface area (Å²) in [5, 5.41) is 4.85. The quantitative estimate of drug-likeness (QED) is 0.705. The Balaban J connectivity index is 1.81. The highest BCUT2D eigenvalue weighted by Gasteiger charge is 2.16. The summed E-state index contributed by atoms with van der Waals surface area (Å²) in [6.45, 7) is 0.740. The molecule has 2 aromatic rings. The lowest BCUT2D eigenvalue weighted by Gasteiger charge is -2.11. The van der Waals surface area contributed by atoms with Gasteiger partial charge in [-0.2, -0.15) is 0 Å². The Hall–Kier alpha value is -3.49. The standard InChI is InChI=1S/C19H18F2N2O5/c1-11-3-6-16(27-2)15(7-11)23-17(24)9-22-18(25)10-28-19(26)13-5-4-12(20)8-14(13)21/h3-8H,9-10H2,1-2H3,(H,22,25)(H,23,24). The molecule has 0 aliphatic rings. The molecule has 0 aliphatic carbocycles. The Morgan fingerprint density at radius 3 is 2.46 bits per heavy atom. The fourth-order valence-electron chi connectivity index (χ4n) is 2.21. The van der Waals surface area contributed by atoms with E-state index in [1.165, 1.54) is 7.11 Å². The van der Waals surface area contributed by atoms with Gasteiger partial charge in [-0.05, 0) is 36.8 Å². The molecule has 0 spiro atoms. The van der Waals surface area contributed by atoms with Crippen LogP contribution in [0.1, 0.15) is 15.9 Å². The molecule has 2 amide bonds. The number of anilines is 1. The highest BCUT2D eigenvalue weighted by atomic mass is 19.1. The van der Waals surface area contributed by atoms with Gasteiger partial charge < -0.3 is 20.1 Å². The van der Waals surface area contributed by atoms with Crippen LogP contribution < -0.4 is 15.4 Å². The van der Waals surface area contributed by atoms with E-state index in [1.807, 2.05) is 13.0 Å². The number of benzene rings is 2. The van der Waals surface area contributed by atoms with Gasteiger partial charge >= 0.3 is 5.97 Å². The van der Waals surface area contributed by atoms with Crippen LogP contribution in [0.15, 0.2) is 36.4 Å². The first kappa shape index (κ1) is 20.8. The number of aryl methyl sites for hydroxylation is 1. The van der Waals surface area contributed by atoms with Crippen molar-refractivity contribution in [1.29, 1.82) is 0 Å². The van der Waals surface area contributed by atoms with Gasteiger partial charge in [0.25, 0.3) is 5.91 Å². The number of amides is 2. The number of halogens is 2. The lowest BCUT2D eigenvalue weighted by molar-refractivity contribution is -0.126. The number of carbonyl (C=O) groups is 3. The zero-order valence-corrected chi connectivity index (χ0v) is 15.2. The second-order valence-corrected chi connectivity index (χ2v) is 5.73. The molecule has 7 nitrogen and oxygen atoms in total. The van der Waals surface area contributed by atoms with Crippen LogP contribution in [0.25, 0.3) is 0 Å². The number of rotatable bonds is 7. The molecule has 0 unspecified atom stereocenters. The van der Waals surface area contributed by atoms with Gasteiger partial charge in [0.1, 0.15) is 17.4 Å². The predicted octanol–water partition coefficient (Wildman–Crippen LogP) is 2.19. The topological polar surface area (TPSA) is 93.7 Å². The van der Waals surface area contributed by atoms with Crippen molar-refractivity contribution in [3.8, 4) is 5.75 Å². The molecule has 0 radical (unpaired) electrons. The van der Waals surface area contributed by atoms with E-state index in [-0.39, 0.29) is 6.54 Å². The van der Waals surface area contributed by atoms with Gasteiger partial charge in [-0.1, -0.05) is 6.07 Å². The van der Waals surface area contributed by atoms with Crippen molar-refractivity contribution in [2.24, 2.45) is 0 Å². The van der Waals surface area contributed by atoms with Crippen molar-refractivity contribution in [2.45, 2.75) is 6.92 Å². The first-order chi connectivity index (χ1) is 13.3. The first-order valence-electron chi connectivity index (χ1n) is 8.13. The van der Waals surface area contributed by atoms with Gasteiger partial charge in [-0.25, -0.2) is 13.6 Å². The summed E-state index contributed by atoms with van der Waals surface area (Å²) in [5.74, 6) is -3.89. The molecular weight excluding hydrogens is 374 g/mol. The van der Waals surface area contributed by atoms with Crippen molar-refractivity contribution in [1.82, 2.24) is 5.32 Å². The lowest BCUT2D eigenvalue weighted by Crippen LogP contribution is -2.35. The van der Waals surface area contributed by atoms with E-state index in [0.29, 0.717) is 17.5 Å². The maximum absolute atomic E-state index is 13.5. The van der Waals surface area contributed by atoms with Gasteiger partial charge in [0.15, 0.2) is 6.61 Å². The number of ether oxygens (including phenoxy) is 2. The summed E-state index contributed by atoms with van der Waals surface area (Å²) in [6.07, 6.45) is 0. The lowest BCUT2D eigenvalue weighted by atomic mass is 10.2. The second-order valence-electron chi connectivity index (χ2n) is 5.73. The summed E-state index contributed by atoms with van der Waals surface area (Å²) in [4.78, 5) is 35.4. The molecule has 0 aromatic heterocycles. The van der Waals surface area contributed by atoms with Gasteiger partial charge in [-0.15, -0.1) is 0 Å². The maximum Gasteiger partial charge on any atom is 0.341 e. The molecule has 2 N–H and O–H groups in total. The van der Waals surface area contributed by atoms with E-state index in [4.69, 9.17) is 4.74 Å². The SMILES string of the molecule is COc1ccc(C)cc1NC(=O)CNC(=O)COC(=O)c1ccc(F)cc1F. The van der Waals surface area contributed by atoms with E-state index in [2.05, 4.69) is 15.4 Å². The predicted molar refractivity (Wildman–Crippen MR) is 96.0 cm³/mol. The Kier molecular flexibility index (Phi) is 7.02. The molecule has 2 rings (SSSR count). The van der Waals surface area contributed by atoms with Crippen molar-refractivity contribution < 1.29 is 32.6 Å². The average molecular weight is 392 g/mol. The molecule has 0 saturated carbocycles. The van der Waals surface area contributed by atoms with Gasteiger partial charge in [0.2, 0.25) is 5.91 Å². The fraction of sp³-hybridized carbons (Fsp3) is 0.211. The monoisotopic (exact) mass is 392 g/mol. The molecule has 0 bridgehead atoms. The smallest absolute Gasteiger partial charge is 0.341 e. The Labute approximate surface area is 159 Å². The highest BCUT2D eigenvalue weighted by molar-refractivity contribution is 5.96. The molecule has 0 fully saturated rings. The summed E-state index contributed by atoms with van der Waals surface area (Å²) in [5.41, 5.74) is 0.846. The fourth-order valence-corrected chi connectivity index (χ4v) is 2.21. The summed E-state index contributed by atoms with van der Waals surface area (Å²) < 4.78 is 36.1. The molecule has 148 valence electrons. The summed E-state index contributed by atoms with van der Waals surface area (Å²) >= 11 is 0. The molecule has 0 atom stereocenters. The van der Waals surface area contributed by atoms with E-state index >= 15 is 0 Å². The largest absolute Gasteiger partial charge is 0.495 e. The number of hydrogen-bond donors (Lipinski definition) is 2. The van der Waals surface area contributed by atoms with Crippen molar-refractivity contribution in [2.75, 3.05) is 25.6 Å². The van der Waals surface area contributed by atoms with Crippen LogP contribution in [0.2, 0.25) is 0 Å². The van der Waals surface area contributed by atoms with E-state index in [9.17, 15) is 23.2 Å². The minimum absolute atomic E-state index is 0.377. The van der Waals surface area contributed by atoms with Crippen LogP contribution in [-0.4, -0.2) is 38.0 Å². The minimum Gasteiger partial charge on any atom is -0.495 e. The zero-order valence-electron chi connectivity index (χ0n) is 15.2. The van der Waals surface area contributed by atoms with Crippen LogP contribution in [0.4, 0.5) is 14.5 Å². The third kappa shape index (κ3) is 5.76. The number of hydrogen-bond acceptors (Lipinski definition) is 5. The number of methoxy groups -OCH3 is 1. The van der Waals surface area contributed by atoms with Crippen molar-refractivity contribution >= 4 is 23.5 Å². The third-order valence-electron chi connectivity index (χ3n) is 3.56. The Bertz CT molecular complexity index is 902. The van der Waals surface area contributed by atoms with Crippen LogP contribution >= 0.6 is 0 Å². The minimum atomic E-state index is -1.12. The van der Waals surface area contributed by atoms with Gasteiger partial charge in [0, 0.05) is 6.07 Å². The number of esters is 1. The number of carbonyl (C=O) groups excluding carboxylic acids is 3. The first-order valence-corrected chi connectivity index (χ1v) is 8.13. The number of nitrogens with one attached hydrogen (secondary N) is 2. The molecule has 0 aliphatic heterocycles. The van der Waals surface area contributed by atoms with Crippen molar-refractivity contribution in [3.05, 3.63) is 59.2 Å². The van der Waals surface area contributed by atoms with E-state index < -0.39 is 41.6 Å². The molecule has 0 heterocycles. The zero-order chi connectivity index (χ0) is 20.7. The van der Waals surface area contributed by atoms with Crippen LogP contribution in [-0.2, 0) is 14.3 Å². The van der Waals surface area contributed by atoms with Gasteiger partial charge in [-0.3, -0.25) is 9.59 Å². The molecule has 28 heavy (non-hydrogen) atoms. The maximum atomic E-state index is 13.5. The Morgan fingerprint density at radius 1 is 1.04 bits per heavy atom. The summed E-state index contributed by atoms with van der Waals surface area (Å²) in [6, 6.07) is 7.54. The van der Waals surface area contributed by atoms with Crippen molar-refractivity contribution in [3.63, 3.8) is 0 Å². The van der Waals surface area contributed by atoms with Crippen LogP contribution in [0.5, 0.6) is 5.75 Å². The highest BCUT2D eigenvalue weighted by Crippen LogP contribution is 2.24. The second kappa shape index (κ2) is 9.45. The summed E-state index contributed by atoms with van der Waals surface area (Å²) in [7, 11) is 1.46. The Morgan fingerprint density at radius 2 is 1.79 bits per heavy atom. The van der Waals surface area contributed by atoms with Gasteiger partial charge in [0.05, 0.1) is 24.9 Å². The van der Waals surface area contributed by atoms with E-state index in [0.717, 1.165) is 17.7 Å². The molecule has 0 saturated heterocycles. The van der Waals surface area contributed by atoms with E-state index in [1.54, 1.807) is 12.1 Å². The third-order valence-corrected chi connectivity index (χ3v) is 3.56. The molecule has 2 aromatic carbocycles.